The highest BCUT2D eigenvalue weighted by molar-refractivity contribution is 7.27. The average Bonchev–Trinajstić information content (AvgIpc) is 3.18. The zero-order chi connectivity index (χ0) is 27.5. The second-order valence-corrected chi connectivity index (χ2v) is 8.11. The van der Waals surface area contributed by atoms with Crippen LogP contribution in [0.5, 0.6) is 0 Å². The quantitative estimate of drug-likeness (QED) is 0.159. The lowest BCUT2D eigenvalue weighted by molar-refractivity contribution is -0.0896. The molecule has 1 aromatic heterocycles. The molecule has 2 N–H and O–H groups in total. The van der Waals surface area contributed by atoms with Crippen molar-refractivity contribution in [2.45, 2.75) is 19.3 Å². The second-order valence-electron chi connectivity index (χ2n) is 7.44. The molecule has 0 bridgehead atoms. The standard InChI is InChI=1S/C23H18F7N4O2P/c1-11-5-3-8-15(24)16(11)17-18(33-21(35-2)23(28,29)30)19(36-34-17)14(10-31)20(22(25,26)27)32-12-6-4-7-13(37)9-12/h3-10,31-32H,37H2,1-2H3/b20-14+,31-10?,33-21-. The molecule has 6 nitrogen and oxygen atoms in total. The van der Waals surface area contributed by atoms with E-state index in [1.54, 1.807) is 6.07 Å². The van der Waals surface area contributed by atoms with Gasteiger partial charge in [0.05, 0.1) is 12.7 Å². The molecule has 14 heteroatoms. The highest BCUT2D eigenvalue weighted by Gasteiger charge is 2.41. The van der Waals surface area contributed by atoms with Crippen molar-refractivity contribution in [1.82, 2.24) is 5.16 Å². The highest BCUT2D eigenvalue weighted by Crippen LogP contribution is 2.42. The molecular weight excluding hydrogens is 528 g/mol. The maximum absolute atomic E-state index is 14.7. The number of aryl methyl sites for hydroxylation is 1. The lowest BCUT2D eigenvalue weighted by Crippen LogP contribution is -2.24. The number of benzene rings is 2. The molecule has 0 radical (unpaired) electrons. The zero-order valence-electron chi connectivity index (χ0n) is 19.1. The molecule has 0 fully saturated rings. The molecule has 3 aromatic rings. The lowest BCUT2D eigenvalue weighted by atomic mass is 10.0. The van der Waals surface area contributed by atoms with E-state index in [1.165, 1.54) is 37.3 Å². The van der Waals surface area contributed by atoms with Gasteiger partial charge in [0.2, 0.25) is 0 Å². The van der Waals surface area contributed by atoms with Crippen LogP contribution in [0.1, 0.15) is 11.3 Å². The number of alkyl halides is 6. The van der Waals surface area contributed by atoms with Gasteiger partial charge in [0.1, 0.15) is 22.9 Å². The van der Waals surface area contributed by atoms with Crippen LogP contribution in [0, 0.1) is 18.2 Å². The Kier molecular flexibility index (Phi) is 8.06. The summed E-state index contributed by atoms with van der Waals surface area (Å²) in [5.41, 5.74) is -4.31. The molecule has 0 spiro atoms. The van der Waals surface area contributed by atoms with E-state index in [0.717, 1.165) is 6.07 Å². The van der Waals surface area contributed by atoms with Gasteiger partial charge in [-0.25, -0.2) is 9.38 Å². The molecule has 0 saturated carbocycles. The maximum Gasteiger partial charge on any atom is 0.468 e. The number of nitrogens with zero attached hydrogens (tertiary/aromatic N) is 2. The topological polar surface area (TPSA) is 83.5 Å². The summed E-state index contributed by atoms with van der Waals surface area (Å²) < 4.78 is 107. The first-order chi connectivity index (χ1) is 17.3. The number of allylic oxidation sites excluding steroid dienone is 2. The molecule has 2 aromatic carbocycles. The first-order valence-electron chi connectivity index (χ1n) is 10.2. The van der Waals surface area contributed by atoms with Crippen molar-refractivity contribution in [2.24, 2.45) is 4.99 Å². The van der Waals surface area contributed by atoms with E-state index in [9.17, 15) is 30.7 Å². The van der Waals surface area contributed by atoms with E-state index in [1.807, 2.05) is 0 Å². The van der Waals surface area contributed by atoms with Gasteiger partial charge < -0.3 is 20.0 Å². The van der Waals surface area contributed by atoms with Crippen molar-refractivity contribution >= 4 is 43.6 Å². The van der Waals surface area contributed by atoms with Crippen LogP contribution in [0.2, 0.25) is 0 Å². The fourth-order valence-electron chi connectivity index (χ4n) is 3.29. The zero-order valence-corrected chi connectivity index (χ0v) is 20.2. The number of methoxy groups -OCH3 is 1. The Hall–Kier alpha value is -3.73. The Morgan fingerprint density at radius 2 is 1.78 bits per heavy atom. The Labute approximate surface area is 207 Å². The summed E-state index contributed by atoms with van der Waals surface area (Å²) in [5, 5.41) is 13.9. The van der Waals surface area contributed by atoms with Gasteiger partial charge in [-0.15, -0.1) is 9.24 Å². The van der Waals surface area contributed by atoms with Gasteiger partial charge in [-0.3, -0.25) is 0 Å². The van der Waals surface area contributed by atoms with Gasteiger partial charge >= 0.3 is 12.4 Å². The molecule has 1 unspecified atom stereocenters. The van der Waals surface area contributed by atoms with Crippen LogP contribution in [-0.2, 0) is 4.74 Å². The van der Waals surface area contributed by atoms with Gasteiger partial charge in [-0.1, -0.05) is 29.4 Å². The Morgan fingerprint density at radius 3 is 2.32 bits per heavy atom. The minimum Gasteiger partial charge on any atom is -0.478 e. The Balaban J connectivity index is 2.40. The average molecular weight is 546 g/mol. The van der Waals surface area contributed by atoms with Gasteiger partial charge in [-0.05, 0) is 36.0 Å². The summed E-state index contributed by atoms with van der Waals surface area (Å²) in [7, 11) is 2.95. The van der Waals surface area contributed by atoms with E-state index >= 15 is 0 Å². The van der Waals surface area contributed by atoms with E-state index in [0.29, 0.717) is 12.4 Å². The molecule has 0 aliphatic heterocycles. The number of hydrogen-bond acceptors (Lipinski definition) is 6. The molecule has 37 heavy (non-hydrogen) atoms. The molecular formula is C23H18F7N4O2P. The third-order valence-corrected chi connectivity index (χ3v) is 5.23. The molecule has 1 heterocycles. The van der Waals surface area contributed by atoms with E-state index in [4.69, 9.17) is 9.93 Å². The van der Waals surface area contributed by atoms with Crippen molar-refractivity contribution < 1.29 is 40.0 Å². The Morgan fingerprint density at radius 1 is 1.11 bits per heavy atom. The summed E-state index contributed by atoms with van der Waals surface area (Å²) in [5.74, 6) is -3.75. The number of ether oxygens (including phenoxy) is 1. The number of hydrogen-bond donors (Lipinski definition) is 2. The molecule has 196 valence electrons. The van der Waals surface area contributed by atoms with E-state index < -0.39 is 52.5 Å². The first kappa shape index (κ1) is 27.9. The Bertz CT molecular complexity index is 1360. The summed E-state index contributed by atoms with van der Waals surface area (Å²) in [6.07, 6.45) is -10.1. The molecule has 3 rings (SSSR count). The number of rotatable bonds is 6. The van der Waals surface area contributed by atoms with Crippen LogP contribution in [0.3, 0.4) is 0 Å². The molecule has 0 aliphatic carbocycles. The number of aliphatic imine (C=N–C) groups is 1. The minimum atomic E-state index is -5.16. The molecule has 0 saturated heterocycles. The minimum absolute atomic E-state index is 0.0400. The third-order valence-electron chi connectivity index (χ3n) is 4.87. The van der Waals surface area contributed by atoms with E-state index in [-0.39, 0.29) is 23.0 Å². The largest absolute Gasteiger partial charge is 0.478 e. The summed E-state index contributed by atoms with van der Waals surface area (Å²) >= 11 is 0. The summed E-state index contributed by atoms with van der Waals surface area (Å²) in [6.45, 7) is 1.41. The van der Waals surface area contributed by atoms with Crippen molar-refractivity contribution in [3.05, 3.63) is 65.3 Å². The highest BCUT2D eigenvalue weighted by atomic mass is 31.0. The smallest absolute Gasteiger partial charge is 0.468 e. The molecule has 1 atom stereocenters. The second kappa shape index (κ2) is 10.7. The number of nitrogens with one attached hydrogen (secondary N) is 2. The predicted octanol–water partition coefficient (Wildman–Crippen LogP) is 6.56. The number of aromatic nitrogens is 1. The monoisotopic (exact) mass is 546 g/mol. The van der Waals surface area contributed by atoms with Crippen LogP contribution in [-0.4, -0.2) is 36.7 Å². The van der Waals surface area contributed by atoms with Crippen LogP contribution < -0.4 is 10.6 Å². The van der Waals surface area contributed by atoms with Gasteiger partial charge in [-0.2, -0.15) is 26.3 Å². The summed E-state index contributed by atoms with van der Waals surface area (Å²) in [4.78, 5) is 3.33. The van der Waals surface area contributed by atoms with Crippen LogP contribution in [0.25, 0.3) is 16.8 Å². The maximum atomic E-state index is 14.7. The lowest BCUT2D eigenvalue weighted by Gasteiger charge is -2.17. The van der Waals surface area contributed by atoms with Crippen molar-refractivity contribution in [3.63, 3.8) is 0 Å². The van der Waals surface area contributed by atoms with Crippen molar-refractivity contribution in [1.29, 1.82) is 5.41 Å². The van der Waals surface area contributed by atoms with Crippen molar-refractivity contribution in [3.8, 4) is 11.3 Å². The van der Waals surface area contributed by atoms with Gasteiger partial charge in [0, 0.05) is 17.5 Å². The molecule has 0 amide bonds. The third kappa shape index (κ3) is 6.16. The number of halogens is 7. The number of anilines is 1. The van der Waals surface area contributed by atoms with Crippen LogP contribution in [0.15, 0.2) is 57.7 Å². The summed E-state index contributed by atoms with van der Waals surface area (Å²) in [6, 6.07) is 9.42. The predicted molar refractivity (Wildman–Crippen MR) is 128 cm³/mol. The van der Waals surface area contributed by atoms with Gasteiger partial charge in [0.25, 0.3) is 5.90 Å². The van der Waals surface area contributed by atoms with Crippen LogP contribution in [0.4, 0.5) is 42.1 Å². The van der Waals surface area contributed by atoms with E-state index in [2.05, 4.69) is 29.4 Å². The fourth-order valence-corrected chi connectivity index (χ4v) is 3.58. The normalized spacial score (nSPS) is 13.3. The van der Waals surface area contributed by atoms with Crippen LogP contribution >= 0.6 is 9.24 Å². The van der Waals surface area contributed by atoms with Gasteiger partial charge in [0.15, 0.2) is 5.76 Å². The first-order valence-corrected chi connectivity index (χ1v) is 10.8. The fraction of sp³-hybridized carbons (Fsp3) is 0.174. The van der Waals surface area contributed by atoms with Crippen molar-refractivity contribution in [2.75, 3.05) is 12.4 Å². The molecule has 0 aliphatic rings. The SMILES string of the molecule is CO/C(=N\c1c(-c2c(C)cccc2F)noc1/C(C=N)=C(/Nc1cccc(P)c1)C(F)(F)F)C(F)(F)F.